The van der Waals surface area contributed by atoms with E-state index in [4.69, 9.17) is 9.47 Å². The fraction of sp³-hybridized carbons (Fsp3) is 0.517. The van der Waals surface area contributed by atoms with Crippen molar-refractivity contribution in [2.75, 3.05) is 25.7 Å². The van der Waals surface area contributed by atoms with Crippen LogP contribution in [0.15, 0.2) is 42.5 Å². The molecule has 1 aliphatic heterocycles. The van der Waals surface area contributed by atoms with Gasteiger partial charge in [-0.2, -0.15) is 13.2 Å². The molecule has 0 unspecified atom stereocenters. The molecular formula is C29H33F4NO4. The number of carbonyl (C=O) groups is 2. The van der Waals surface area contributed by atoms with E-state index in [-0.39, 0.29) is 34.7 Å². The van der Waals surface area contributed by atoms with E-state index in [0.29, 0.717) is 30.8 Å². The Balaban J connectivity index is 1.74. The van der Waals surface area contributed by atoms with Gasteiger partial charge in [-0.15, -0.1) is 0 Å². The lowest BCUT2D eigenvalue weighted by atomic mass is 9.74. The molecule has 2 aromatic rings. The van der Waals surface area contributed by atoms with E-state index >= 15 is 0 Å². The minimum absolute atomic E-state index is 0.144. The van der Waals surface area contributed by atoms with Crippen LogP contribution in [0.5, 0.6) is 0 Å². The third-order valence-corrected chi connectivity index (χ3v) is 7.96. The first-order valence-corrected chi connectivity index (χ1v) is 12.6. The number of ether oxygens (including phenoxy) is 2. The summed E-state index contributed by atoms with van der Waals surface area (Å²) in [6.07, 6.45) is -3.35. The zero-order valence-electron chi connectivity index (χ0n) is 22.2. The third kappa shape index (κ3) is 5.17. The zero-order chi connectivity index (χ0) is 28.0. The van der Waals surface area contributed by atoms with E-state index in [1.165, 1.54) is 25.3 Å². The van der Waals surface area contributed by atoms with Gasteiger partial charge in [-0.3, -0.25) is 9.59 Å². The van der Waals surface area contributed by atoms with E-state index in [9.17, 15) is 27.2 Å². The fourth-order valence-corrected chi connectivity index (χ4v) is 6.18. The zero-order valence-corrected chi connectivity index (χ0v) is 22.2. The first kappa shape index (κ1) is 28.1. The standard InChI is InChI=1S/C29H33F4NO4/c1-27(2,3)23-11-10-20(34(4)26(36)29(31,32)33)14-22(23)18-15-28(38-16-18)13-12-21(25(35)37-5)24(28)17-6-8-19(30)9-7-17/h6-11,14,18,21,24H,12-13,15-16H2,1-5H3/t18-,21+,24-,28-/m1/s1. The van der Waals surface area contributed by atoms with Crippen LogP contribution in [0.2, 0.25) is 0 Å². The second kappa shape index (κ2) is 9.98. The first-order valence-electron chi connectivity index (χ1n) is 12.6. The normalized spacial score (nSPS) is 25.6. The largest absolute Gasteiger partial charge is 0.471 e. The molecule has 2 aromatic carbocycles. The van der Waals surface area contributed by atoms with Gasteiger partial charge in [-0.1, -0.05) is 39.0 Å². The minimum Gasteiger partial charge on any atom is -0.469 e. The molecule has 0 N–H and O–H groups in total. The van der Waals surface area contributed by atoms with Gasteiger partial charge in [-0.05, 0) is 65.6 Å². The molecule has 1 saturated carbocycles. The Morgan fingerprint density at radius 2 is 1.74 bits per heavy atom. The van der Waals surface area contributed by atoms with Gasteiger partial charge in [0.05, 0.1) is 25.2 Å². The lowest BCUT2D eigenvalue weighted by molar-refractivity contribution is -0.170. The summed E-state index contributed by atoms with van der Waals surface area (Å²) in [5, 5.41) is 0. The molecule has 206 valence electrons. The highest BCUT2D eigenvalue weighted by Crippen LogP contribution is 2.57. The van der Waals surface area contributed by atoms with Crippen LogP contribution in [0.1, 0.15) is 68.6 Å². The lowest BCUT2D eigenvalue weighted by Gasteiger charge is -2.33. The van der Waals surface area contributed by atoms with Crippen LogP contribution in [-0.2, 0) is 24.5 Å². The molecule has 0 aromatic heterocycles. The molecule has 5 nitrogen and oxygen atoms in total. The first-order chi connectivity index (χ1) is 17.7. The second-order valence-corrected chi connectivity index (χ2v) is 11.4. The second-order valence-electron chi connectivity index (χ2n) is 11.4. The topological polar surface area (TPSA) is 55.8 Å². The summed E-state index contributed by atoms with van der Waals surface area (Å²) in [4.78, 5) is 25.3. The summed E-state index contributed by atoms with van der Waals surface area (Å²) >= 11 is 0. The quantitative estimate of drug-likeness (QED) is 0.343. The van der Waals surface area contributed by atoms with Gasteiger partial charge in [0.15, 0.2) is 0 Å². The molecule has 0 bridgehead atoms. The molecule has 1 heterocycles. The number of esters is 1. The van der Waals surface area contributed by atoms with Crippen molar-refractivity contribution in [3.05, 3.63) is 65.0 Å². The predicted molar refractivity (Wildman–Crippen MR) is 135 cm³/mol. The summed E-state index contributed by atoms with van der Waals surface area (Å²) in [6.45, 7) is 6.36. The minimum atomic E-state index is -4.99. The van der Waals surface area contributed by atoms with E-state index in [2.05, 4.69) is 0 Å². The molecule has 4 rings (SSSR count). The predicted octanol–water partition coefficient (Wildman–Crippen LogP) is 6.26. The Hall–Kier alpha value is -2.94. The number of nitrogens with zero attached hydrogens (tertiary/aromatic N) is 1. The Morgan fingerprint density at radius 1 is 1.08 bits per heavy atom. The molecule has 2 fully saturated rings. The summed E-state index contributed by atoms with van der Waals surface area (Å²) in [7, 11) is 2.45. The van der Waals surface area contributed by atoms with E-state index in [1.807, 2.05) is 20.8 Å². The van der Waals surface area contributed by atoms with Crippen molar-refractivity contribution in [2.45, 2.75) is 69.1 Å². The number of carbonyl (C=O) groups excluding carboxylic acids is 2. The highest BCUT2D eigenvalue weighted by molar-refractivity contribution is 5.96. The van der Waals surface area contributed by atoms with Crippen LogP contribution < -0.4 is 4.90 Å². The van der Waals surface area contributed by atoms with Gasteiger partial charge in [0, 0.05) is 24.6 Å². The summed E-state index contributed by atoms with van der Waals surface area (Å²) in [6, 6.07) is 11.0. The monoisotopic (exact) mass is 535 g/mol. The Morgan fingerprint density at radius 3 is 2.32 bits per heavy atom. The Labute approximate surface area is 220 Å². The summed E-state index contributed by atoms with van der Waals surface area (Å²) < 4.78 is 64.7. The number of hydrogen-bond donors (Lipinski definition) is 0. The van der Waals surface area contributed by atoms with Gasteiger partial charge in [0.1, 0.15) is 5.82 Å². The number of rotatable bonds is 4. The van der Waals surface area contributed by atoms with Gasteiger partial charge < -0.3 is 14.4 Å². The fourth-order valence-electron chi connectivity index (χ4n) is 6.18. The average Bonchev–Trinajstić information content (AvgIpc) is 3.46. The SMILES string of the molecule is COC(=O)[C@H]1CC[C@@]2(C[C@@H](c3cc(N(C)C(=O)C(F)(F)F)ccc3C(C)(C)C)CO2)[C@@H]1c1ccc(F)cc1. The van der Waals surface area contributed by atoms with Crippen molar-refractivity contribution in [1.82, 2.24) is 0 Å². The van der Waals surface area contributed by atoms with Crippen LogP contribution in [0.3, 0.4) is 0 Å². The summed E-state index contributed by atoms with van der Waals surface area (Å²) in [5.74, 6) is -3.70. The number of alkyl halides is 3. The molecule has 0 radical (unpaired) electrons. The van der Waals surface area contributed by atoms with Crippen molar-refractivity contribution in [1.29, 1.82) is 0 Å². The molecule has 1 saturated heterocycles. The van der Waals surface area contributed by atoms with Crippen molar-refractivity contribution < 1.29 is 36.6 Å². The molecule has 4 atom stereocenters. The lowest BCUT2D eigenvalue weighted by Crippen LogP contribution is -2.38. The maximum atomic E-state index is 13.7. The van der Waals surface area contributed by atoms with Crippen molar-refractivity contribution in [3.8, 4) is 0 Å². The van der Waals surface area contributed by atoms with E-state index in [0.717, 1.165) is 23.7 Å². The van der Waals surface area contributed by atoms with Gasteiger partial charge in [0.2, 0.25) is 0 Å². The van der Waals surface area contributed by atoms with Crippen LogP contribution >= 0.6 is 0 Å². The average molecular weight is 536 g/mol. The molecule has 38 heavy (non-hydrogen) atoms. The van der Waals surface area contributed by atoms with Crippen LogP contribution in [0.25, 0.3) is 0 Å². The van der Waals surface area contributed by atoms with E-state index in [1.54, 1.807) is 24.3 Å². The van der Waals surface area contributed by atoms with Crippen molar-refractivity contribution >= 4 is 17.6 Å². The smallest absolute Gasteiger partial charge is 0.469 e. The highest BCUT2D eigenvalue weighted by Gasteiger charge is 2.57. The number of halogens is 4. The number of benzene rings is 2. The molecule has 2 aliphatic rings. The maximum absolute atomic E-state index is 13.7. The highest BCUT2D eigenvalue weighted by atomic mass is 19.4. The maximum Gasteiger partial charge on any atom is 0.471 e. The molecular weight excluding hydrogens is 502 g/mol. The summed E-state index contributed by atoms with van der Waals surface area (Å²) in [5.41, 5.74) is 1.64. The van der Waals surface area contributed by atoms with Gasteiger partial charge in [0.25, 0.3) is 0 Å². The molecule has 1 aliphatic carbocycles. The molecule has 1 spiro atoms. The number of amides is 1. The van der Waals surface area contributed by atoms with Crippen LogP contribution in [0, 0.1) is 11.7 Å². The van der Waals surface area contributed by atoms with Crippen LogP contribution in [0.4, 0.5) is 23.2 Å². The molecule has 9 heteroatoms. The number of anilines is 1. The van der Waals surface area contributed by atoms with Crippen molar-refractivity contribution in [2.24, 2.45) is 5.92 Å². The van der Waals surface area contributed by atoms with Crippen molar-refractivity contribution in [3.63, 3.8) is 0 Å². The van der Waals surface area contributed by atoms with Gasteiger partial charge in [-0.25, -0.2) is 4.39 Å². The number of hydrogen-bond acceptors (Lipinski definition) is 4. The molecule has 1 amide bonds. The Bertz CT molecular complexity index is 1200. The number of methoxy groups -OCH3 is 1. The van der Waals surface area contributed by atoms with Crippen LogP contribution in [-0.4, -0.2) is 44.4 Å². The third-order valence-electron chi connectivity index (χ3n) is 7.96. The van der Waals surface area contributed by atoms with Gasteiger partial charge >= 0.3 is 18.1 Å². The van der Waals surface area contributed by atoms with E-state index < -0.39 is 23.6 Å². The Kier molecular flexibility index (Phi) is 7.38.